The highest BCUT2D eigenvalue weighted by atomic mass is 16.4. The highest BCUT2D eigenvalue weighted by Crippen LogP contribution is 2.38. The van der Waals surface area contributed by atoms with Crippen molar-refractivity contribution < 1.29 is 9.90 Å². The Morgan fingerprint density at radius 2 is 1.77 bits per heavy atom. The Bertz CT molecular complexity index is 223. The number of nitrogens with zero attached hydrogens (tertiary/aromatic N) is 1. The van der Waals surface area contributed by atoms with Crippen molar-refractivity contribution in [3.05, 3.63) is 4.91 Å². The molecule has 1 unspecified atom stereocenters. The summed E-state index contributed by atoms with van der Waals surface area (Å²) in [5, 5.41) is 12.6. The van der Waals surface area contributed by atoms with Crippen molar-refractivity contribution in [1.29, 1.82) is 0 Å². The lowest BCUT2D eigenvalue weighted by atomic mass is 9.73. The number of aliphatic hydroxyl groups is 1. The van der Waals surface area contributed by atoms with Gasteiger partial charge in [0, 0.05) is 5.92 Å². The first-order chi connectivity index (χ1) is 5.70. The van der Waals surface area contributed by atoms with Crippen LogP contribution in [0.5, 0.6) is 0 Å². The summed E-state index contributed by atoms with van der Waals surface area (Å²) < 4.78 is 0. The minimum atomic E-state index is -1.82. The lowest BCUT2D eigenvalue weighted by Gasteiger charge is -2.37. The monoisotopic (exact) mass is 187 g/mol. The maximum Gasteiger partial charge on any atom is 0.211 e. The van der Waals surface area contributed by atoms with Gasteiger partial charge in [-0.3, -0.25) is 4.79 Å². The molecule has 0 aromatic carbocycles. The maximum absolute atomic E-state index is 11.2. The van der Waals surface area contributed by atoms with Crippen molar-refractivity contribution in [2.75, 3.05) is 0 Å². The zero-order chi connectivity index (χ0) is 10.9. The number of carbonyl (C=O) groups is 1. The van der Waals surface area contributed by atoms with E-state index in [0.717, 1.165) is 0 Å². The van der Waals surface area contributed by atoms with Gasteiger partial charge in [0.05, 0.1) is 5.41 Å². The molecule has 13 heavy (non-hydrogen) atoms. The molecular formula is C9H17NO3. The number of hydrogen-bond acceptors (Lipinski definition) is 4. The third-order valence-corrected chi connectivity index (χ3v) is 2.74. The SMILES string of the molecule is CC(=O)C(C)(C)C(O)(N=O)C(C)C. The Morgan fingerprint density at radius 3 is 1.85 bits per heavy atom. The average Bonchev–Trinajstić information content (AvgIpc) is 2.01. The Kier molecular flexibility index (Phi) is 3.33. The van der Waals surface area contributed by atoms with Gasteiger partial charge in [-0.05, 0) is 25.9 Å². The lowest BCUT2D eigenvalue weighted by molar-refractivity contribution is -0.148. The molecule has 1 atom stereocenters. The van der Waals surface area contributed by atoms with Crippen LogP contribution in [0.3, 0.4) is 0 Å². The van der Waals surface area contributed by atoms with Crippen LogP contribution >= 0.6 is 0 Å². The van der Waals surface area contributed by atoms with Gasteiger partial charge in [0.2, 0.25) is 5.72 Å². The van der Waals surface area contributed by atoms with Crippen molar-refractivity contribution in [2.24, 2.45) is 16.5 Å². The quantitative estimate of drug-likeness (QED) is 0.681. The first-order valence-electron chi connectivity index (χ1n) is 4.28. The Labute approximate surface area is 78.3 Å². The van der Waals surface area contributed by atoms with Crippen LogP contribution in [0.2, 0.25) is 0 Å². The summed E-state index contributed by atoms with van der Waals surface area (Å²) in [5.41, 5.74) is -2.96. The Balaban J connectivity index is 5.19. The van der Waals surface area contributed by atoms with E-state index >= 15 is 0 Å². The van der Waals surface area contributed by atoms with Crippen molar-refractivity contribution in [2.45, 2.75) is 40.3 Å². The Hall–Kier alpha value is -0.770. The van der Waals surface area contributed by atoms with Crippen molar-refractivity contribution in [3.8, 4) is 0 Å². The second kappa shape index (κ2) is 3.54. The standard InChI is InChI=1S/C9H17NO3/c1-6(2)9(12,10-13)8(4,5)7(3)11/h6,12H,1-5H3. The lowest BCUT2D eigenvalue weighted by Crippen LogP contribution is -2.50. The van der Waals surface area contributed by atoms with Gasteiger partial charge in [-0.15, -0.1) is 4.91 Å². The van der Waals surface area contributed by atoms with Crippen LogP contribution in [0, 0.1) is 16.2 Å². The van der Waals surface area contributed by atoms with Crippen molar-refractivity contribution in [3.63, 3.8) is 0 Å². The smallest absolute Gasteiger partial charge is 0.211 e. The molecule has 0 fully saturated rings. The van der Waals surface area contributed by atoms with E-state index in [0.29, 0.717) is 0 Å². The van der Waals surface area contributed by atoms with Crippen LogP contribution in [0.1, 0.15) is 34.6 Å². The van der Waals surface area contributed by atoms with Crippen LogP contribution in [0.25, 0.3) is 0 Å². The summed E-state index contributed by atoms with van der Waals surface area (Å²) in [7, 11) is 0. The number of rotatable bonds is 4. The fourth-order valence-electron chi connectivity index (χ4n) is 1.20. The number of nitroso groups, excluding NO2 is 1. The van der Waals surface area contributed by atoms with Crippen LogP contribution < -0.4 is 0 Å². The van der Waals surface area contributed by atoms with Crippen molar-refractivity contribution in [1.82, 2.24) is 0 Å². The molecule has 76 valence electrons. The molecule has 0 aliphatic carbocycles. The van der Waals surface area contributed by atoms with E-state index in [2.05, 4.69) is 5.18 Å². The molecule has 0 aliphatic heterocycles. The van der Waals surface area contributed by atoms with E-state index in [1.807, 2.05) is 0 Å². The summed E-state index contributed by atoms with van der Waals surface area (Å²) >= 11 is 0. The first kappa shape index (κ1) is 12.2. The molecular weight excluding hydrogens is 170 g/mol. The molecule has 4 heteroatoms. The number of hydrogen-bond donors (Lipinski definition) is 1. The molecule has 0 saturated carbocycles. The van der Waals surface area contributed by atoms with E-state index in [9.17, 15) is 14.8 Å². The zero-order valence-corrected chi connectivity index (χ0v) is 8.79. The van der Waals surface area contributed by atoms with Crippen molar-refractivity contribution >= 4 is 5.78 Å². The van der Waals surface area contributed by atoms with E-state index in [1.54, 1.807) is 13.8 Å². The molecule has 0 bridgehead atoms. The second-order valence-corrected chi connectivity index (χ2v) is 4.15. The van der Waals surface area contributed by atoms with Crippen LogP contribution in [-0.2, 0) is 4.79 Å². The zero-order valence-electron chi connectivity index (χ0n) is 8.79. The van der Waals surface area contributed by atoms with E-state index in [-0.39, 0.29) is 11.7 Å². The van der Waals surface area contributed by atoms with Crippen LogP contribution in [-0.4, -0.2) is 16.6 Å². The molecule has 0 radical (unpaired) electrons. The topological polar surface area (TPSA) is 66.7 Å². The van der Waals surface area contributed by atoms with Gasteiger partial charge in [-0.1, -0.05) is 13.8 Å². The third-order valence-electron chi connectivity index (χ3n) is 2.74. The minimum Gasteiger partial charge on any atom is -0.365 e. The van der Waals surface area contributed by atoms with Crippen LogP contribution in [0.15, 0.2) is 5.18 Å². The van der Waals surface area contributed by atoms with Gasteiger partial charge in [0.1, 0.15) is 5.78 Å². The van der Waals surface area contributed by atoms with E-state index < -0.39 is 11.1 Å². The average molecular weight is 187 g/mol. The summed E-state index contributed by atoms with van der Waals surface area (Å²) in [6.07, 6.45) is 0. The number of Topliss-reactive ketones (excluding diaryl/α,β-unsaturated/α-hetero) is 1. The summed E-state index contributed by atoms with van der Waals surface area (Å²) in [4.78, 5) is 21.8. The molecule has 4 nitrogen and oxygen atoms in total. The molecule has 0 rings (SSSR count). The van der Waals surface area contributed by atoms with E-state index in [1.165, 1.54) is 20.8 Å². The van der Waals surface area contributed by atoms with Gasteiger partial charge in [-0.25, -0.2) is 0 Å². The normalized spacial score (nSPS) is 16.8. The molecule has 0 aromatic rings. The first-order valence-corrected chi connectivity index (χ1v) is 4.28. The summed E-state index contributed by atoms with van der Waals surface area (Å²) in [5.74, 6) is -0.632. The van der Waals surface area contributed by atoms with Gasteiger partial charge in [-0.2, -0.15) is 0 Å². The number of ketones is 1. The van der Waals surface area contributed by atoms with Gasteiger partial charge >= 0.3 is 0 Å². The van der Waals surface area contributed by atoms with E-state index in [4.69, 9.17) is 0 Å². The molecule has 0 aliphatic rings. The highest BCUT2D eigenvalue weighted by molar-refractivity contribution is 5.82. The largest absolute Gasteiger partial charge is 0.365 e. The van der Waals surface area contributed by atoms with Gasteiger partial charge < -0.3 is 5.11 Å². The van der Waals surface area contributed by atoms with Gasteiger partial charge in [0.25, 0.3) is 0 Å². The molecule has 0 spiro atoms. The fourth-order valence-corrected chi connectivity index (χ4v) is 1.20. The predicted molar refractivity (Wildman–Crippen MR) is 50.0 cm³/mol. The predicted octanol–water partition coefficient (Wildman–Crippen LogP) is 1.71. The molecule has 1 N–H and O–H groups in total. The number of carbonyl (C=O) groups excluding carboxylic acids is 1. The second-order valence-electron chi connectivity index (χ2n) is 4.15. The van der Waals surface area contributed by atoms with Crippen LogP contribution in [0.4, 0.5) is 0 Å². The summed E-state index contributed by atoms with van der Waals surface area (Å²) in [6, 6.07) is 0. The minimum absolute atomic E-state index is 0.247. The Morgan fingerprint density at radius 1 is 1.38 bits per heavy atom. The molecule has 0 aromatic heterocycles. The molecule has 0 heterocycles. The van der Waals surface area contributed by atoms with Gasteiger partial charge in [0.15, 0.2) is 0 Å². The fraction of sp³-hybridized carbons (Fsp3) is 0.889. The highest BCUT2D eigenvalue weighted by Gasteiger charge is 2.51. The molecule has 0 saturated heterocycles. The summed E-state index contributed by atoms with van der Waals surface area (Å²) in [6.45, 7) is 7.71. The third kappa shape index (κ3) is 1.77. The molecule has 0 amide bonds. The maximum atomic E-state index is 11.2.